The maximum atomic E-state index is 12.2. The molecule has 0 atom stereocenters. The van der Waals surface area contributed by atoms with E-state index in [2.05, 4.69) is 11.3 Å². The summed E-state index contributed by atoms with van der Waals surface area (Å²) < 4.78 is 15.7. The minimum Gasteiger partial charge on any atom is -0.437 e. The number of rotatable bonds is 6. The average Bonchev–Trinajstić information content (AvgIpc) is 2.64. The largest absolute Gasteiger partial charge is 0.513 e. The fourth-order valence-electron chi connectivity index (χ4n) is 2.77. The van der Waals surface area contributed by atoms with Crippen molar-refractivity contribution < 1.29 is 23.8 Å². The van der Waals surface area contributed by atoms with Gasteiger partial charge in [0.15, 0.2) is 5.75 Å². The number of aryl methyl sites for hydroxylation is 1. The quantitative estimate of drug-likeness (QED) is 0.319. The Kier molecular flexibility index (Phi) is 6.45. The van der Waals surface area contributed by atoms with Crippen molar-refractivity contribution in [2.75, 3.05) is 25.1 Å². The molecule has 6 heteroatoms. The van der Waals surface area contributed by atoms with Crippen molar-refractivity contribution in [3.05, 3.63) is 42.0 Å². The summed E-state index contributed by atoms with van der Waals surface area (Å²) in [4.78, 5) is 26.0. The first-order valence-corrected chi connectivity index (χ1v) is 8.78. The van der Waals surface area contributed by atoms with Gasteiger partial charge in [-0.15, -0.1) is 0 Å². The third-order valence-corrected chi connectivity index (χ3v) is 4.19. The van der Waals surface area contributed by atoms with Gasteiger partial charge < -0.3 is 19.1 Å². The van der Waals surface area contributed by atoms with E-state index in [-0.39, 0.29) is 0 Å². The lowest BCUT2D eigenvalue weighted by molar-refractivity contribution is -0.129. The zero-order chi connectivity index (χ0) is 20.1. The van der Waals surface area contributed by atoms with Crippen LogP contribution in [0.2, 0.25) is 0 Å². The molecule has 0 aliphatic rings. The molecule has 144 valence electrons. The van der Waals surface area contributed by atoms with Crippen LogP contribution in [0.3, 0.4) is 0 Å². The number of carbonyl (C=O) groups is 2. The molecule has 2 aromatic rings. The van der Waals surface area contributed by atoms with E-state index in [0.29, 0.717) is 46.6 Å². The Balaban J connectivity index is 2.80. The van der Waals surface area contributed by atoms with E-state index in [1.807, 2.05) is 43.9 Å². The molecule has 2 aromatic carbocycles. The number of anilines is 1. The number of ether oxygens (including phenoxy) is 3. The zero-order valence-electron chi connectivity index (χ0n) is 16.4. The summed E-state index contributed by atoms with van der Waals surface area (Å²) in [5.41, 5.74) is 1.94. The second kappa shape index (κ2) is 8.58. The summed E-state index contributed by atoms with van der Waals surface area (Å²) >= 11 is 0. The molecule has 0 amide bonds. The number of nitrogens with zero attached hydrogens (tertiary/aromatic N) is 1. The number of hydrogen-bond acceptors (Lipinski definition) is 6. The second-order valence-corrected chi connectivity index (χ2v) is 6.17. The fraction of sp³-hybridized carbons (Fsp3) is 0.333. The summed E-state index contributed by atoms with van der Waals surface area (Å²) in [6.07, 6.45) is -0.810. The van der Waals surface area contributed by atoms with Gasteiger partial charge in [-0.05, 0) is 33.8 Å². The van der Waals surface area contributed by atoms with Crippen LogP contribution < -0.4 is 14.4 Å². The van der Waals surface area contributed by atoms with Crippen LogP contribution >= 0.6 is 0 Å². The molecule has 0 heterocycles. The topological polar surface area (TPSA) is 65.1 Å². The van der Waals surface area contributed by atoms with Crippen molar-refractivity contribution in [1.29, 1.82) is 0 Å². The van der Waals surface area contributed by atoms with Gasteiger partial charge in [-0.25, -0.2) is 9.59 Å². The lowest BCUT2D eigenvalue weighted by Crippen LogP contribution is -2.24. The van der Waals surface area contributed by atoms with Crippen LogP contribution in [0, 0.1) is 6.92 Å². The maximum Gasteiger partial charge on any atom is 0.513 e. The highest BCUT2D eigenvalue weighted by molar-refractivity contribution is 6.02. The lowest BCUT2D eigenvalue weighted by Gasteiger charge is -2.25. The highest BCUT2D eigenvalue weighted by Crippen LogP contribution is 2.42. The first kappa shape index (κ1) is 20.3. The monoisotopic (exact) mass is 371 g/mol. The van der Waals surface area contributed by atoms with E-state index < -0.39 is 12.1 Å². The summed E-state index contributed by atoms with van der Waals surface area (Å²) in [5, 5.41) is 1.32. The van der Waals surface area contributed by atoms with Gasteiger partial charge in [0, 0.05) is 35.5 Å². The van der Waals surface area contributed by atoms with Crippen LogP contribution in [-0.2, 0) is 9.53 Å². The molecular weight excluding hydrogens is 346 g/mol. The summed E-state index contributed by atoms with van der Waals surface area (Å²) in [7, 11) is 1.25. The third-order valence-electron chi connectivity index (χ3n) is 4.19. The Morgan fingerprint density at radius 3 is 2.30 bits per heavy atom. The van der Waals surface area contributed by atoms with Crippen molar-refractivity contribution in [2.24, 2.45) is 0 Å². The molecular formula is C21H25NO5. The molecule has 0 bridgehead atoms. The average molecular weight is 371 g/mol. The molecule has 0 unspecified atom stereocenters. The van der Waals surface area contributed by atoms with Crippen LogP contribution in [0.4, 0.5) is 10.5 Å². The van der Waals surface area contributed by atoms with Crippen molar-refractivity contribution in [3.63, 3.8) is 0 Å². The van der Waals surface area contributed by atoms with E-state index in [4.69, 9.17) is 9.47 Å². The minimum absolute atomic E-state index is 0.302. The predicted octanol–water partition coefficient (Wildman–Crippen LogP) is 4.62. The standard InChI is InChI=1S/C21H25NO5/c1-7-22(8-2)17-12-18(26-21(24)25-6)16-11-14(5)9-10-15(16)19(17)27-20(23)13(3)4/h9-12H,3,7-8H2,1-2,4-6H3. The van der Waals surface area contributed by atoms with E-state index >= 15 is 0 Å². The van der Waals surface area contributed by atoms with Gasteiger partial charge >= 0.3 is 12.1 Å². The number of carbonyl (C=O) groups excluding carboxylic acids is 2. The van der Waals surface area contributed by atoms with E-state index in [1.54, 1.807) is 13.0 Å². The molecule has 0 saturated carbocycles. The molecule has 0 radical (unpaired) electrons. The number of fused-ring (bicyclic) bond motifs is 1. The second-order valence-electron chi connectivity index (χ2n) is 6.17. The maximum absolute atomic E-state index is 12.2. The van der Waals surface area contributed by atoms with Crippen molar-refractivity contribution >= 4 is 28.6 Å². The Morgan fingerprint density at radius 1 is 1.07 bits per heavy atom. The van der Waals surface area contributed by atoms with Crippen LogP contribution in [-0.4, -0.2) is 32.3 Å². The van der Waals surface area contributed by atoms with Crippen LogP contribution in [0.5, 0.6) is 11.5 Å². The van der Waals surface area contributed by atoms with E-state index in [0.717, 1.165) is 5.56 Å². The number of hydrogen-bond donors (Lipinski definition) is 0. The highest BCUT2D eigenvalue weighted by Gasteiger charge is 2.22. The molecule has 0 spiro atoms. The summed E-state index contributed by atoms with van der Waals surface area (Å²) in [6.45, 7) is 12.5. The van der Waals surface area contributed by atoms with Crippen molar-refractivity contribution in [1.82, 2.24) is 0 Å². The molecule has 0 aliphatic carbocycles. The summed E-state index contributed by atoms with van der Waals surface area (Å²) in [5.74, 6) is 0.253. The van der Waals surface area contributed by atoms with Gasteiger partial charge in [-0.1, -0.05) is 24.3 Å². The van der Waals surface area contributed by atoms with Crippen molar-refractivity contribution in [2.45, 2.75) is 27.7 Å². The molecule has 2 rings (SSSR count). The zero-order valence-corrected chi connectivity index (χ0v) is 16.4. The SMILES string of the molecule is C=C(C)C(=O)Oc1c(N(CC)CC)cc(OC(=O)OC)c2cc(C)ccc12. The Bertz CT molecular complexity index is 884. The predicted molar refractivity (Wildman–Crippen MR) is 106 cm³/mol. The molecule has 27 heavy (non-hydrogen) atoms. The minimum atomic E-state index is -0.810. The molecule has 0 aliphatic heterocycles. The molecule has 0 aromatic heterocycles. The number of benzene rings is 2. The van der Waals surface area contributed by atoms with Gasteiger partial charge in [-0.3, -0.25) is 0 Å². The Labute approximate surface area is 159 Å². The Morgan fingerprint density at radius 2 is 1.74 bits per heavy atom. The third kappa shape index (κ3) is 4.39. The highest BCUT2D eigenvalue weighted by atomic mass is 16.7. The van der Waals surface area contributed by atoms with E-state index in [1.165, 1.54) is 7.11 Å². The lowest BCUT2D eigenvalue weighted by atomic mass is 10.0. The number of esters is 1. The van der Waals surface area contributed by atoms with Gasteiger partial charge in [-0.2, -0.15) is 0 Å². The Hall–Kier alpha value is -3.02. The van der Waals surface area contributed by atoms with Crippen LogP contribution in [0.1, 0.15) is 26.3 Å². The van der Waals surface area contributed by atoms with Crippen molar-refractivity contribution in [3.8, 4) is 11.5 Å². The van der Waals surface area contributed by atoms with Gasteiger partial charge in [0.05, 0.1) is 12.8 Å². The van der Waals surface area contributed by atoms with Crippen LogP contribution in [0.15, 0.2) is 36.4 Å². The first-order valence-electron chi connectivity index (χ1n) is 8.78. The van der Waals surface area contributed by atoms with Gasteiger partial charge in [0.1, 0.15) is 5.75 Å². The van der Waals surface area contributed by atoms with Gasteiger partial charge in [0.25, 0.3) is 0 Å². The molecule has 0 saturated heterocycles. The number of methoxy groups -OCH3 is 1. The van der Waals surface area contributed by atoms with Crippen LogP contribution in [0.25, 0.3) is 10.8 Å². The normalized spacial score (nSPS) is 10.4. The van der Waals surface area contributed by atoms with Gasteiger partial charge in [0.2, 0.25) is 0 Å². The summed E-state index contributed by atoms with van der Waals surface area (Å²) in [6, 6.07) is 7.33. The first-order chi connectivity index (χ1) is 12.8. The molecule has 0 fully saturated rings. The fourth-order valence-corrected chi connectivity index (χ4v) is 2.77. The molecule has 6 nitrogen and oxygen atoms in total. The smallest absolute Gasteiger partial charge is 0.437 e. The van der Waals surface area contributed by atoms with E-state index in [9.17, 15) is 9.59 Å². The molecule has 0 N–H and O–H groups in total.